The van der Waals surface area contributed by atoms with Gasteiger partial charge in [0.2, 0.25) is 0 Å². The summed E-state index contributed by atoms with van der Waals surface area (Å²) in [7, 11) is 0. The third-order valence-corrected chi connectivity index (χ3v) is 4.48. The van der Waals surface area contributed by atoms with Gasteiger partial charge in [-0.05, 0) is 40.9 Å². The molecule has 0 saturated carbocycles. The summed E-state index contributed by atoms with van der Waals surface area (Å²) in [6.07, 6.45) is 2.93. The van der Waals surface area contributed by atoms with Crippen LogP contribution in [0.15, 0.2) is 28.0 Å². The zero-order valence-electron chi connectivity index (χ0n) is 11.2. The summed E-state index contributed by atoms with van der Waals surface area (Å²) in [4.78, 5) is 18.3. The van der Waals surface area contributed by atoms with Crippen molar-refractivity contribution >= 4 is 27.7 Å². The van der Waals surface area contributed by atoms with Crippen molar-refractivity contribution in [2.75, 3.05) is 13.1 Å². The van der Waals surface area contributed by atoms with E-state index in [1.165, 1.54) is 0 Å². The van der Waals surface area contributed by atoms with E-state index in [2.05, 4.69) is 26.1 Å². The lowest BCUT2D eigenvalue weighted by Crippen LogP contribution is -2.47. The van der Waals surface area contributed by atoms with Crippen molar-refractivity contribution < 1.29 is 10.0 Å². The molecule has 0 aromatic carbocycles. The van der Waals surface area contributed by atoms with Gasteiger partial charge in [0.1, 0.15) is 11.5 Å². The second-order valence-electron chi connectivity index (χ2n) is 5.17. The van der Waals surface area contributed by atoms with E-state index in [0.717, 1.165) is 0 Å². The fraction of sp³-hybridized carbons (Fsp3) is 0.462. The van der Waals surface area contributed by atoms with Gasteiger partial charge in [-0.2, -0.15) is 0 Å². The molecular formula is C13H17BrN4O2. The summed E-state index contributed by atoms with van der Waals surface area (Å²) < 4.78 is 0.690. The van der Waals surface area contributed by atoms with Gasteiger partial charge in [-0.3, -0.25) is 4.79 Å². The molecule has 6 nitrogen and oxygen atoms in total. The normalized spacial score (nSPS) is 18.9. The minimum atomic E-state index is -0.354. The van der Waals surface area contributed by atoms with Crippen LogP contribution in [-0.4, -0.2) is 39.9 Å². The summed E-state index contributed by atoms with van der Waals surface area (Å²) in [6, 6.07) is 3.57. The van der Waals surface area contributed by atoms with Crippen molar-refractivity contribution in [2.24, 2.45) is 16.3 Å². The summed E-state index contributed by atoms with van der Waals surface area (Å²) >= 11 is 3.34. The fourth-order valence-corrected chi connectivity index (χ4v) is 2.70. The number of carbonyl (C=O) groups is 1. The summed E-state index contributed by atoms with van der Waals surface area (Å²) in [6.45, 7) is 3.07. The number of nitrogens with zero attached hydrogens (tertiary/aromatic N) is 3. The lowest BCUT2D eigenvalue weighted by molar-refractivity contribution is 0.0659. The zero-order chi connectivity index (χ0) is 14.8. The summed E-state index contributed by atoms with van der Waals surface area (Å²) in [5.41, 5.74) is 5.78. The molecular weight excluding hydrogens is 324 g/mol. The monoisotopic (exact) mass is 340 g/mol. The lowest BCUT2D eigenvalue weighted by Gasteiger charge is -2.38. The van der Waals surface area contributed by atoms with Crippen molar-refractivity contribution in [3.8, 4) is 0 Å². The first kappa shape index (κ1) is 14.8. The highest BCUT2D eigenvalue weighted by molar-refractivity contribution is 9.10. The Morgan fingerprint density at radius 3 is 2.75 bits per heavy atom. The van der Waals surface area contributed by atoms with E-state index < -0.39 is 0 Å². The Balaban J connectivity index is 2.08. The Hall–Kier alpha value is -1.63. The number of carbonyl (C=O) groups excluding carboxylic acids is 1. The molecule has 20 heavy (non-hydrogen) atoms. The minimum absolute atomic E-state index is 0.0981. The van der Waals surface area contributed by atoms with Crippen LogP contribution in [0.5, 0.6) is 0 Å². The molecule has 2 heterocycles. The Morgan fingerprint density at radius 1 is 1.55 bits per heavy atom. The molecule has 1 aliphatic heterocycles. The predicted octanol–water partition coefficient (Wildman–Crippen LogP) is 1.83. The number of amidine groups is 1. The first-order valence-electron chi connectivity index (χ1n) is 6.36. The number of pyridine rings is 1. The average Bonchev–Trinajstić information content (AvgIpc) is 2.47. The van der Waals surface area contributed by atoms with Crippen LogP contribution in [0.3, 0.4) is 0 Å². The second-order valence-corrected chi connectivity index (χ2v) is 6.03. The van der Waals surface area contributed by atoms with E-state index in [1.54, 1.807) is 23.2 Å². The number of hydrogen-bond donors (Lipinski definition) is 2. The Labute approximate surface area is 125 Å². The molecule has 108 valence electrons. The van der Waals surface area contributed by atoms with Crippen LogP contribution in [0, 0.1) is 5.41 Å². The van der Waals surface area contributed by atoms with Crippen LogP contribution in [0.25, 0.3) is 0 Å². The quantitative estimate of drug-likeness (QED) is 0.372. The molecule has 0 radical (unpaired) electrons. The standard InChI is InChI=1S/C13H17BrN4O2/c1-13(12(15)17-20)4-7-18(8-5-13)11(19)10-9(14)3-2-6-16-10/h2-3,6,20H,4-5,7-8H2,1H3,(H2,15,17). The van der Waals surface area contributed by atoms with Crippen LogP contribution in [0.2, 0.25) is 0 Å². The average molecular weight is 341 g/mol. The van der Waals surface area contributed by atoms with Gasteiger partial charge in [-0.15, -0.1) is 0 Å². The van der Waals surface area contributed by atoms with Gasteiger partial charge < -0.3 is 15.8 Å². The number of nitrogens with two attached hydrogens (primary N) is 1. The van der Waals surface area contributed by atoms with Gasteiger partial charge in [-0.1, -0.05) is 12.1 Å². The van der Waals surface area contributed by atoms with E-state index in [-0.39, 0.29) is 17.2 Å². The zero-order valence-corrected chi connectivity index (χ0v) is 12.8. The number of oxime groups is 1. The van der Waals surface area contributed by atoms with Gasteiger partial charge in [-0.25, -0.2) is 4.98 Å². The third kappa shape index (κ3) is 2.77. The largest absolute Gasteiger partial charge is 0.409 e. The molecule has 0 aliphatic carbocycles. The van der Waals surface area contributed by atoms with Crippen molar-refractivity contribution in [3.05, 3.63) is 28.5 Å². The van der Waals surface area contributed by atoms with Crippen LogP contribution in [0.4, 0.5) is 0 Å². The molecule has 1 amide bonds. The Kier molecular flexibility index (Phi) is 4.27. The molecule has 3 N–H and O–H groups in total. The smallest absolute Gasteiger partial charge is 0.273 e. The van der Waals surface area contributed by atoms with Gasteiger partial charge in [0, 0.05) is 29.2 Å². The van der Waals surface area contributed by atoms with E-state index in [0.29, 0.717) is 36.1 Å². The van der Waals surface area contributed by atoms with Gasteiger partial charge in [0.15, 0.2) is 0 Å². The predicted molar refractivity (Wildman–Crippen MR) is 78.6 cm³/mol. The number of piperidine rings is 1. The highest BCUT2D eigenvalue weighted by Crippen LogP contribution is 2.31. The van der Waals surface area contributed by atoms with Gasteiger partial charge >= 0.3 is 0 Å². The van der Waals surface area contributed by atoms with E-state index in [1.807, 2.05) is 6.92 Å². The molecule has 2 rings (SSSR count). The first-order valence-corrected chi connectivity index (χ1v) is 7.15. The van der Waals surface area contributed by atoms with Crippen molar-refractivity contribution in [1.82, 2.24) is 9.88 Å². The SMILES string of the molecule is CC1(/C(N)=N/O)CCN(C(=O)c2ncccc2Br)CC1. The Bertz CT molecular complexity index is 539. The number of hydrogen-bond acceptors (Lipinski definition) is 4. The first-order chi connectivity index (χ1) is 9.48. The second kappa shape index (κ2) is 5.78. The van der Waals surface area contributed by atoms with Crippen molar-refractivity contribution in [2.45, 2.75) is 19.8 Å². The molecule has 7 heteroatoms. The molecule has 1 aromatic rings. The van der Waals surface area contributed by atoms with Crippen molar-refractivity contribution in [3.63, 3.8) is 0 Å². The van der Waals surface area contributed by atoms with Crippen molar-refractivity contribution in [1.29, 1.82) is 0 Å². The molecule has 0 spiro atoms. The van der Waals surface area contributed by atoms with Crippen LogP contribution in [0.1, 0.15) is 30.3 Å². The molecule has 1 aromatic heterocycles. The lowest BCUT2D eigenvalue weighted by atomic mass is 9.79. The van der Waals surface area contributed by atoms with Crippen LogP contribution in [-0.2, 0) is 0 Å². The highest BCUT2D eigenvalue weighted by Gasteiger charge is 2.36. The topological polar surface area (TPSA) is 91.8 Å². The molecule has 1 fully saturated rings. The minimum Gasteiger partial charge on any atom is -0.409 e. The third-order valence-electron chi connectivity index (χ3n) is 3.84. The van der Waals surface area contributed by atoms with Crippen LogP contribution < -0.4 is 5.73 Å². The summed E-state index contributed by atoms with van der Waals surface area (Å²) in [5.74, 6) is 0.127. The van der Waals surface area contributed by atoms with E-state index in [9.17, 15) is 4.79 Å². The van der Waals surface area contributed by atoms with E-state index in [4.69, 9.17) is 10.9 Å². The number of rotatable bonds is 2. The number of aromatic nitrogens is 1. The maximum absolute atomic E-state index is 12.4. The number of halogens is 1. The van der Waals surface area contributed by atoms with Gasteiger partial charge in [0.25, 0.3) is 5.91 Å². The fourth-order valence-electron chi connectivity index (χ4n) is 2.27. The molecule has 0 unspecified atom stereocenters. The van der Waals surface area contributed by atoms with Crippen LogP contribution >= 0.6 is 15.9 Å². The number of likely N-dealkylation sites (tertiary alicyclic amines) is 1. The van der Waals surface area contributed by atoms with Gasteiger partial charge in [0.05, 0.1) is 0 Å². The molecule has 1 saturated heterocycles. The highest BCUT2D eigenvalue weighted by atomic mass is 79.9. The molecule has 1 aliphatic rings. The maximum atomic E-state index is 12.4. The molecule has 0 bridgehead atoms. The maximum Gasteiger partial charge on any atom is 0.273 e. The molecule has 0 atom stereocenters. The summed E-state index contributed by atoms with van der Waals surface area (Å²) in [5, 5.41) is 11.9. The van der Waals surface area contributed by atoms with E-state index >= 15 is 0 Å². The Morgan fingerprint density at radius 2 is 2.20 bits per heavy atom. The number of amides is 1.